The van der Waals surface area contributed by atoms with Crippen molar-refractivity contribution in [1.82, 2.24) is 4.31 Å². The summed E-state index contributed by atoms with van der Waals surface area (Å²) in [6.45, 7) is 5.18. The number of benzene rings is 2. The van der Waals surface area contributed by atoms with Crippen molar-refractivity contribution in [2.24, 2.45) is 0 Å². The van der Waals surface area contributed by atoms with Gasteiger partial charge in [0, 0.05) is 11.7 Å². The van der Waals surface area contributed by atoms with Gasteiger partial charge in [0.25, 0.3) is 0 Å². The molecule has 5 nitrogen and oxygen atoms in total. The van der Waals surface area contributed by atoms with E-state index in [0.29, 0.717) is 16.8 Å². The zero-order valence-electron chi connectivity index (χ0n) is 18.0. The van der Waals surface area contributed by atoms with E-state index in [1.54, 1.807) is 13.8 Å². The standard InChI is InChI=1S/C23H28ClFN2O3S/c1-15-11-16(2)23(17(3)12-15)31(29,30)27(19-7-5-4-6-8-19)14-22(28)26-18-9-10-21(25)20(24)13-18/h9-13,19H,4-8,14H2,1-3H3,(H,26,28). The fraction of sp³-hybridized carbons (Fsp3) is 0.435. The molecule has 0 heterocycles. The number of hydrogen-bond acceptors (Lipinski definition) is 3. The first kappa shape index (κ1) is 23.7. The molecule has 0 unspecified atom stereocenters. The van der Waals surface area contributed by atoms with Crippen molar-refractivity contribution >= 4 is 33.2 Å². The predicted molar refractivity (Wildman–Crippen MR) is 121 cm³/mol. The Kier molecular flexibility index (Phi) is 7.39. The first-order valence-corrected chi connectivity index (χ1v) is 12.3. The van der Waals surface area contributed by atoms with Crippen LogP contribution in [0.15, 0.2) is 35.2 Å². The van der Waals surface area contributed by atoms with Gasteiger partial charge in [0.1, 0.15) is 5.82 Å². The summed E-state index contributed by atoms with van der Waals surface area (Å²) >= 11 is 5.79. The normalized spacial score (nSPS) is 15.3. The minimum atomic E-state index is -3.89. The summed E-state index contributed by atoms with van der Waals surface area (Å²) in [7, 11) is -3.89. The molecule has 31 heavy (non-hydrogen) atoms. The number of sulfonamides is 1. The number of halogens is 2. The van der Waals surface area contributed by atoms with Gasteiger partial charge >= 0.3 is 0 Å². The summed E-state index contributed by atoms with van der Waals surface area (Å²) < 4.78 is 42.2. The molecule has 1 N–H and O–H groups in total. The van der Waals surface area contributed by atoms with Gasteiger partial charge in [-0.15, -0.1) is 0 Å². The molecule has 8 heteroatoms. The van der Waals surface area contributed by atoms with Gasteiger partial charge in [-0.3, -0.25) is 4.79 Å². The third-order valence-corrected chi connectivity index (χ3v) is 8.15. The number of carbonyl (C=O) groups excluding carboxylic acids is 1. The Bertz CT molecular complexity index is 1060. The highest BCUT2D eigenvalue weighted by Gasteiger charge is 2.35. The molecule has 1 aliphatic rings. The van der Waals surface area contributed by atoms with E-state index in [9.17, 15) is 17.6 Å². The lowest BCUT2D eigenvalue weighted by Crippen LogP contribution is -2.46. The smallest absolute Gasteiger partial charge is 0.244 e. The average molecular weight is 467 g/mol. The van der Waals surface area contributed by atoms with E-state index in [4.69, 9.17) is 11.6 Å². The van der Waals surface area contributed by atoms with Crippen LogP contribution in [0.3, 0.4) is 0 Å². The number of rotatable bonds is 6. The molecule has 1 saturated carbocycles. The van der Waals surface area contributed by atoms with E-state index in [0.717, 1.165) is 43.7 Å². The van der Waals surface area contributed by atoms with Crippen LogP contribution in [0.25, 0.3) is 0 Å². The third-order valence-electron chi connectivity index (χ3n) is 5.66. The summed E-state index contributed by atoms with van der Waals surface area (Å²) in [6, 6.07) is 7.32. The Hall–Kier alpha value is -1.96. The van der Waals surface area contributed by atoms with Crippen molar-refractivity contribution in [2.75, 3.05) is 11.9 Å². The third kappa shape index (κ3) is 5.45. The summed E-state index contributed by atoms with van der Waals surface area (Å²) in [4.78, 5) is 13.1. The van der Waals surface area contributed by atoms with Gasteiger partial charge in [0.05, 0.1) is 16.5 Å². The Balaban J connectivity index is 1.92. The minimum absolute atomic E-state index is 0.111. The number of nitrogens with zero attached hydrogens (tertiary/aromatic N) is 1. The van der Waals surface area contributed by atoms with Crippen LogP contribution in [0.1, 0.15) is 48.8 Å². The lowest BCUT2D eigenvalue weighted by atomic mass is 9.95. The van der Waals surface area contributed by atoms with Crippen molar-refractivity contribution in [3.8, 4) is 0 Å². The predicted octanol–water partition coefficient (Wildman–Crippen LogP) is 5.37. The van der Waals surface area contributed by atoms with Crippen LogP contribution < -0.4 is 5.32 Å². The Morgan fingerprint density at radius 1 is 1.10 bits per heavy atom. The number of anilines is 1. The lowest BCUT2D eigenvalue weighted by molar-refractivity contribution is -0.116. The molecule has 0 radical (unpaired) electrons. The molecular formula is C23H28ClFN2O3S. The van der Waals surface area contributed by atoms with Crippen LogP contribution in [0, 0.1) is 26.6 Å². The highest BCUT2D eigenvalue weighted by atomic mass is 35.5. The number of amides is 1. The van der Waals surface area contributed by atoms with Gasteiger partial charge < -0.3 is 5.32 Å². The Morgan fingerprint density at radius 2 is 1.71 bits per heavy atom. The largest absolute Gasteiger partial charge is 0.325 e. The molecule has 0 saturated heterocycles. The highest BCUT2D eigenvalue weighted by Crippen LogP contribution is 2.31. The van der Waals surface area contributed by atoms with E-state index < -0.39 is 21.7 Å². The van der Waals surface area contributed by atoms with Crippen molar-refractivity contribution in [3.63, 3.8) is 0 Å². The number of nitrogens with one attached hydrogen (secondary N) is 1. The van der Waals surface area contributed by atoms with E-state index >= 15 is 0 Å². The summed E-state index contributed by atoms with van der Waals surface area (Å²) in [5, 5.41) is 2.53. The van der Waals surface area contributed by atoms with Crippen LogP contribution in [0.5, 0.6) is 0 Å². The van der Waals surface area contributed by atoms with Gasteiger partial charge in [-0.1, -0.05) is 48.6 Å². The molecule has 2 aromatic rings. The molecule has 0 aliphatic heterocycles. The van der Waals surface area contributed by atoms with Crippen LogP contribution in [-0.2, 0) is 14.8 Å². The topological polar surface area (TPSA) is 66.5 Å². The molecule has 3 rings (SSSR count). The van der Waals surface area contributed by atoms with Gasteiger partial charge in [-0.25, -0.2) is 12.8 Å². The second-order valence-electron chi connectivity index (χ2n) is 8.25. The quantitative estimate of drug-likeness (QED) is 0.622. The van der Waals surface area contributed by atoms with Gasteiger partial charge in [-0.05, 0) is 62.9 Å². The second kappa shape index (κ2) is 9.67. The molecule has 0 aromatic heterocycles. The SMILES string of the molecule is Cc1cc(C)c(S(=O)(=O)N(CC(=O)Nc2ccc(F)c(Cl)c2)C2CCCCC2)c(C)c1. The fourth-order valence-electron chi connectivity index (χ4n) is 4.39. The van der Waals surface area contributed by atoms with E-state index in [2.05, 4.69) is 5.32 Å². The van der Waals surface area contributed by atoms with Crippen molar-refractivity contribution < 1.29 is 17.6 Å². The molecule has 168 valence electrons. The molecule has 1 aliphatic carbocycles. The van der Waals surface area contributed by atoms with Crippen molar-refractivity contribution in [3.05, 3.63) is 57.9 Å². The van der Waals surface area contributed by atoms with Gasteiger partial charge in [-0.2, -0.15) is 4.31 Å². The Morgan fingerprint density at radius 3 is 2.29 bits per heavy atom. The first-order valence-electron chi connectivity index (χ1n) is 10.4. The van der Waals surface area contributed by atoms with Gasteiger partial charge in [0.15, 0.2) is 0 Å². The zero-order chi connectivity index (χ0) is 22.8. The molecule has 0 spiro atoms. The Labute approximate surface area is 188 Å². The summed E-state index contributed by atoms with van der Waals surface area (Å²) in [5.74, 6) is -1.07. The maximum Gasteiger partial charge on any atom is 0.244 e. The minimum Gasteiger partial charge on any atom is -0.325 e. The average Bonchev–Trinajstić information content (AvgIpc) is 2.68. The van der Waals surface area contributed by atoms with Crippen LogP contribution >= 0.6 is 11.6 Å². The fourth-order valence-corrected chi connectivity index (χ4v) is 6.62. The first-order chi connectivity index (χ1) is 14.6. The van der Waals surface area contributed by atoms with E-state index in [1.807, 2.05) is 19.1 Å². The zero-order valence-corrected chi connectivity index (χ0v) is 19.6. The number of aryl methyl sites for hydroxylation is 3. The summed E-state index contributed by atoms with van der Waals surface area (Å²) in [5.41, 5.74) is 2.65. The summed E-state index contributed by atoms with van der Waals surface area (Å²) in [6.07, 6.45) is 4.36. The van der Waals surface area contributed by atoms with Gasteiger partial charge in [0.2, 0.25) is 15.9 Å². The number of carbonyl (C=O) groups is 1. The second-order valence-corrected chi connectivity index (χ2v) is 10.5. The molecule has 0 bridgehead atoms. The van der Waals surface area contributed by atoms with Crippen LogP contribution in [0.4, 0.5) is 10.1 Å². The van der Waals surface area contributed by atoms with E-state index in [1.165, 1.54) is 16.4 Å². The van der Waals surface area contributed by atoms with Crippen LogP contribution in [-0.4, -0.2) is 31.2 Å². The monoisotopic (exact) mass is 466 g/mol. The van der Waals surface area contributed by atoms with Crippen molar-refractivity contribution in [2.45, 2.75) is 63.8 Å². The molecular weight excluding hydrogens is 439 g/mol. The van der Waals surface area contributed by atoms with E-state index in [-0.39, 0.29) is 22.5 Å². The maximum atomic E-state index is 13.7. The molecule has 1 fully saturated rings. The molecule has 1 amide bonds. The highest BCUT2D eigenvalue weighted by molar-refractivity contribution is 7.89. The maximum absolute atomic E-state index is 13.7. The van der Waals surface area contributed by atoms with Crippen molar-refractivity contribution in [1.29, 1.82) is 0 Å². The van der Waals surface area contributed by atoms with Crippen LogP contribution in [0.2, 0.25) is 5.02 Å². The lowest BCUT2D eigenvalue weighted by Gasteiger charge is -2.33. The molecule has 0 atom stereocenters. The molecule has 2 aromatic carbocycles. The number of hydrogen-bond donors (Lipinski definition) is 1.